The van der Waals surface area contributed by atoms with Crippen LogP contribution in [0.4, 0.5) is 5.69 Å². The fourth-order valence-corrected chi connectivity index (χ4v) is 11.3. The van der Waals surface area contributed by atoms with Gasteiger partial charge in [0.25, 0.3) is 11.7 Å². The molecule has 70 heavy (non-hydrogen) atoms. The third-order valence-electron chi connectivity index (χ3n) is 15.9. The molecular weight excluding hydrogens is 889 g/mol. The molecule has 4 aliphatic rings. The number of para-hydroxylation sites is 1. The summed E-state index contributed by atoms with van der Waals surface area (Å²) in [6.07, 6.45) is 15.3. The Morgan fingerprint density at radius 2 is 1.56 bits per heavy atom. The summed E-state index contributed by atoms with van der Waals surface area (Å²) in [6, 6.07) is 8.73. The quantitative estimate of drug-likeness (QED) is 0.135. The van der Waals surface area contributed by atoms with Crippen LogP contribution in [0, 0.1) is 35.5 Å². The first-order valence-corrected chi connectivity index (χ1v) is 26.2. The summed E-state index contributed by atoms with van der Waals surface area (Å²) >= 11 is 0. The lowest BCUT2D eigenvalue weighted by Gasteiger charge is -2.43. The normalized spacial score (nSPS) is 38.2. The molecular formula is C57H86N2O11. The number of piperidine rings is 1. The number of esters is 1. The number of cyclic esters (lactones) is 1. The topological polar surface area (TPSA) is 172 Å². The van der Waals surface area contributed by atoms with E-state index in [1.165, 1.54) is 12.0 Å². The Kier molecular flexibility index (Phi) is 21.7. The Bertz CT molecular complexity index is 2000. The van der Waals surface area contributed by atoms with Gasteiger partial charge in [-0.3, -0.25) is 14.4 Å². The fraction of sp³-hybridized carbons (Fsp3) is 0.684. The lowest BCUT2D eigenvalue weighted by molar-refractivity contribution is -0.263. The number of rotatable bonds is 7. The van der Waals surface area contributed by atoms with Gasteiger partial charge >= 0.3 is 5.97 Å². The molecule has 1 saturated carbocycles. The average molecular weight is 975 g/mol. The van der Waals surface area contributed by atoms with Crippen LogP contribution < -0.4 is 4.90 Å². The minimum atomic E-state index is -2.40. The molecule has 2 saturated heterocycles. The summed E-state index contributed by atoms with van der Waals surface area (Å²) < 4.78 is 24.2. The first-order chi connectivity index (χ1) is 33.3. The number of ketones is 2. The standard InChI is InChI=1S/C57H86N2O11/c1-36-19-13-11-14-20-38(3)47(58(8)44-21-15-12-16-22-44)35-45-27-25-42(7)57(66,70-45)54(63)55(64)59-30-18-17-23-46(59)56(65)69-49(39(4)33-43-26-28-48(60)50(34-43)67-9)29-24-37(2)32-41(6)52(62)53(68-10)51(61)40(5)31-36/h11-16,19-22,32,36-37,39-40,42-43,45-50,52-53,60,62,66H,17-18,23-31,33-35H2,1-10H3/b14-11+,19-13+,38-20+,41-32+/t36-,37+,39-,40-,42-,43-,45+,46+,47-,48-,49+,50-,52-,53+,57-/m1/s1. The first-order valence-electron chi connectivity index (χ1n) is 26.2. The van der Waals surface area contributed by atoms with Crippen LogP contribution in [-0.2, 0) is 38.1 Å². The molecule has 2 bridgehead atoms. The molecule has 3 aliphatic heterocycles. The number of fused-ring (bicyclic) bond motifs is 3. The maximum atomic E-state index is 14.5. The van der Waals surface area contributed by atoms with Gasteiger partial charge in [-0.25, -0.2) is 4.79 Å². The number of ether oxygens (including phenoxy) is 4. The highest BCUT2D eigenvalue weighted by Gasteiger charge is 2.53. The van der Waals surface area contributed by atoms with Crippen molar-refractivity contribution in [1.82, 2.24) is 4.90 Å². The van der Waals surface area contributed by atoms with Crippen molar-refractivity contribution >= 4 is 29.1 Å². The molecule has 0 aromatic heterocycles. The van der Waals surface area contributed by atoms with Crippen LogP contribution in [0.3, 0.4) is 0 Å². The van der Waals surface area contributed by atoms with E-state index in [0.29, 0.717) is 76.2 Å². The van der Waals surface area contributed by atoms with Gasteiger partial charge in [-0.15, -0.1) is 0 Å². The molecule has 390 valence electrons. The molecule has 0 radical (unpaired) electrons. The van der Waals surface area contributed by atoms with Gasteiger partial charge in [0, 0.05) is 45.3 Å². The van der Waals surface area contributed by atoms with Gasteiger partial charge in [0.05, 0.1) is 24.4 Å². The number of Topliss-reactive ketones (excluding diaryl/α,β-unsaturated/α-hetero) is 2. The number of aliphatic hydroxyl groups is 3. The molecule has 0 unspecified atom stereocenters. The molecule has 1 aromatic rings. The maximum Gasteiger partial charge on any atom is 0.329 e. The lowest BCUT2D eigenvalue weighted by Crippen LogP contribution is -2.61. The highest BCUT2D eigenvalue weighted by atomic mass is 16.6. The molecule has 3 fully saturated rings. The number of hydrogen-bond acceptors (Lipinski definition) is 12. The third kappa shape index (κ3) is 14.8. The van der Waals surface area contributed by atoms with E-state index in [4.69, 9.17) is 18.9 Å². The molecule has 13 nitrogen and oxygen atoms in total. The molecule has 1 amide bonds. The maximum absolute atomic E-state index is 14.5. The number of methoxy groups -OCH3 is 2. The van der Waals surface area contributed by atoms with Crippen molar-refractivity contribution in [3.8, 4) is 0 Å². The second-order valence-electron chi connectivity index (χ2n) is 21.4. The Balaban J connectivity index is 1.49. The Labute approximate surface area is 418 Å². The van der Waals surface area contributed by atoms with E-state index in [2.05, 4.69) is 24.8 Å². The number of nitrogens with zero attached hydrogens (tertiary/aromatic N) is 2. The highest BCUT2D eigenvalue weighted by Crippen LogP contribution is 2.38. The van der Waals surface area contributed by atoms with Crippen LogP contribution in [0.25, 0.3) is 0 Å². The van der Waals surface area contributed by atoms with Crippen molar-refractivity contribution in [3.05, 3.63) is 77.9 Å². The molecule has 15 atom stereocenters. The molecule has 5 rings (SSSR count). The Hall–Kier alpha value is -3.98. The van der Waals surface area contributed by atoms with Crippen molar-refractivity contribution < 1.29 is 53.4 Å². The van der Waals surface area contributed by atoms with Gasteiger partial charge in [-0.1, -0.05) is 94.8 Å². The zero-order chi connectivity index (χ0) is 51.3. The zero-order valence-electron chi connectivity index (χ0n) is 43.8. The number of benzene rings is 1. The van der Waals surface area contributed by atoms with Crippen LogP contribution in [0.5, 0.6) is 0 Å². The minimum absolute atomic E-state index is 0.0588. The van der Waals surface area contributed by atoms with Crippen molar-refractivity contribution in [3.63, 3.8) is 0 Å². The Morgan fingerprint density at radius 3 is 2.26 bits per heavy atom. The predicted molar refractivity (Wildman–Crippen MR) is 273 cm³/mol. The number of hydrogen-bond donors (Lipinski definition) is 3. The summed E-state index contributed by atoms with van der Waals surface area (Å²) in [5.74, 6) is -6.12. The predicted octanol–water partition coefficient (Wildman–Crippen LogP) is 8.49. The van der Waals surface area contributed by atoms with Crippen LogP contribution >= 0.6 is 0 Å². The van der Waals surface area contributed by atoms with E-state index in [0.717, 1.165) is 24.1 Å². The number of likely N-dealkylation sites (N-methyl/N-ethyl adjacent to an activating group) is 1. The van der Waals surface area contributed by atoms with Crippen molar-refractivity contribution in [2.75, 3.05) is 32.7 Å². The third-order valence-corrected chi connectivity index (χ3v) is 15.9. The first kappa shape index (κ1) is 56.9. The van der Waals surface area contributed by atoms with E-state index >= 15 is 0 Å². The smallest absolute Gasteiger partial charge is 0.329 e. The van der Waals surface area contributed by atoms with E-state index in [9.17, 15) is 34.5 Å². The van der Waals surface area contributed by atoms with Crippen LogP contribution in [-0.4, -0.2) is 126 Å². The van der Waals surface area contributed by atoms with Gasteiger partial charge < -0.3 is 44.1 Å². The van der Waals surface area contributed by atoms with Crippen molar-refractivity contribution in [2.24, 2.45) is 35.5 Å². The van der Waals surface area contributed by atoms with Crippen LogP contribution in [0.1, 0.15) is 132 Å². The van der Waals surface area contributed by atoms with Gasteiger partial charge in [0.1, 0.15) is 24.4 Å². The van der Waals surface area contributed by atoms with Gasteiger partial charge in [0.2, 0.25) is 5.79 Å². The van der Waals surface area contributed by atoms with Gasteiger partial charge in [-0.05, 0) is 139 Å². The molecule has 13 heteroatoms. The highest BCUT2D eigenvalue weighted by molar-refractivity contribution is 6.39. The number of amides is 1. The van der Waals surface area contributed by atoms with Crippen molar-refractivity contribution in [2.45, 2.75) is 186 Å². The number of allylic oxidation sites excluding steroid dienone is 6. The summed E-state index contributed by atoms with van der Waals surface area (Å²) in [7, 11) is 5.07. The number of aliphatic hydroxyl groups excluding tert-OH is 2. The minimum Gasteiger partial charge on any atom is -0.461 e. The second kappa shape index (κ2) is 26.6. The van der Waals surface area contributed by atoms with Crippen LogP contribution in [0.2, 0.25) is 0 Å². The zero-order valence-corrected chi connectivity index (χ0v) is 43.8. The number of anilines is 1. The van der Waals surface area contributed by atoms with E-state index in [-0.39, 0.29) is 54.1 Å². The monoisotopic (exact) mass is 975 g/mol. The van der Waals surface area contributed by atoms with Gasteiger partial charge in [-0.2, -0.15) is 0 Å². The summed E-state index contributed by atoms with van der Waals surface area (Å²) in [4.78, 5) is 60.8. The van der Waals surface area contributed by atoms with E-state index < -0.39 is 65.9 Å². The lowest BCUT2D eigenvalue weighted by atomic mass is 9.78. The second-order valence-corrected chi connectivity index (χ2v) is 21.4. The van der Waals surface area contributed by atoms with E-state index in [1.807, 2.05) is 88.5 Å². The largest absolute Gasteiger partial charge is 0.461 e. The van der Waals surface area contributed by atoms with E-state index in [1.54, 1.807) is 21.0 Å². The average Bonchev–Trinajstić information content (AvgIpc) is 3.35. The molecule has 3 N–H and O–H groups in total. The number of carbonyl (C=O) groups excluding carboxylic acids is 4. The SMILES string of the molecule is CO[C@@H]1C[C@@H](C[C@@H](C)[C@@H]2CC[C@H](C)/C=C(\C)[C@@H](O)[C@@H](OC)C(=O)[C@H](C)C[C@H](C)/C=C/C=C/C=C(\C)[C@H](N(C)c3ccccc3)C[C@@H]3CC[C@@H](C)[C@@](O)(O3)C(=O)C(=O)N3CCCC[C@H]3C(=O)O2)CC[C@H]1O. The van der Waals surface area contributed by atoms with Crippen molar-refractivity contribution in [1.29, 1.82) is 0 Å². The molecule has 3 heterocycles. The number of carbonyl (C=O) groups is 4. The summed E-state index contributed by atoms with van der Waals surface area (Å²) in [5.41, 5.74) is 2.61. The fourth-order valence-electron chi connectivity index (χ4n) is 11.3. The molecule has 0 spiro atoms. The Morgan fingerprint density at radius 1 is 0.829 bits per heavy atom. The molecule has 1 aliphatic carbocycles. The summed E-state index contributed by atoms with van der Waals surface area (Å²) in [5, 5.41) is 34.3. The van der Waals surface area contributed by atoms with Crippen LogP contribution in [0.15, 0.2) is 77.9 Å². The molecule has 1 aromatic carbocycles. The van der Waals surface area contributed by atoms with Gasteiger partial charge in [0.15, 0.2) is 5.78 Å². The summed E-state index contributed by atoms with van der Waals surface area (Å²) in [6.45, 7) is 13.8.